The largest absolute Gasteiger partial charge is 0.398 e. The fraction of sp³-hybridized carbons (Fsp3) is 0.364. The zero-order chi connectivity index (χ0) is 31.2. The zero-order valence-corrected chi connectivity index (χ0v) is 24.8. The molecule has 2 saturated heterocycles. The number of likely N-dealkylation sites (tertiary alicyclic amines) is 1. The normalized spacial score (nSPS) is 15.8. The number of nitrogen functional groups attached to an aromatic ring is 1. The maximum Gasteiger partial charge on any atom is 0.258 e. The lowest BCUT2D eigenvalue weighted by Gasteiger charge is -2.27. The molecule has 0 aromatic heterocycles. The van der Waals surface area contributed by atoms with Gasteiger partial charge >= 0.3 is 0 Å². The molecule has 0 unspecified atom stereocenters. The molecular weight excluding hydrogens is 566 g/mol. The molecule has 11 heteroatoms. The van der Waals surface area contributed by atoms with E-state index in [9.17, 15) is 18.4 Å². The molecule has 3 aromatic rings. The van der Waals surface area contributed by atoms with E-state index in [2.05, 4.69) is 20.4 Å². The van der Waals surface area contributed by atoms with Crippen LogP contribution in [0.5, 0.6) is 0 Å². The van der Waals surface area contributed by atoms with Crippen molar-refractivity contribution in [2.45, 2.75) is 31.7 Å². The number of halogens is 2. The molecule has 0 aliphatic carbocycles. The van der Waals surface area contributed by atoms with Crippen LogP contribution in [0.2, 0.25) is 0 Å². The highest BCUT2D eigenvalue weighted by atomic mass is 19.1. The predicted molar refractivity (Wildman–Crippen MR) is 168 cm³/mol. The van der Waals surface area contributed by atoms with E-state index in [0.717, 1.165) is 44.2 Å². The Labute approximate surface area is 255 Å². The number of amides is 1. The number of anilines is 3. The molecule has 0 bridgehead atoms. The van der Waals surface area contributed by atoms with Crippen molar-refractivity contribution in [1.29, 1.82) is 5.41 Å². The van der Waals surface area contributed by atoms with Crippen LogP contribution >= 0.6 is 0 Å². The molecule has 2 aliphatic rings. The molecule has 5 N–H and O–H groups in total. The lowest BCUT2D eigenvalue weighted by molar-refractivity contribution is -0.116. The Kier molecular flexibility index (Phi) is 9.86. The first kappa shape index (κ1) is 31.1. The van der Waals surface area contributed by atoms with E-state index < -0.39 is 17.5 Å². The van der Waals surface area contributed by atoms with Crippen molar-refractivity contribution in [3.63, 3.8) is 0 Å². The fourth-order valence-electron chi connectivity index (χ4n) is 5.58. The first-order valence-electron chi connectivity index (χ1n) is 14.8. The molecule has 232 valence electrons. The Morgan fingerprint density at radius 1 is 1.05 bits per heavy atom. The van der Waals surface area contributed by atoms with Gasteiger partial charge in [-0.1, -0.05) is 6.07 Å². The molecule has 3 aromatic carbocycles. The van der Waals surface area contributed by atoms with E-state index >= 15 is 0 Å². The van der Waals surface area contributed by atoms with Gasteiger partial charge in [-0.05, 0) is 72.9 Å². The van der Waals surface area contributed by atoms with Gasteiger partial charge in [0.05, 0.1) is 12.1 Å². The number of ketones is 1. The van der Waals surface area contributed by atoms with Gasteiger partial charge in [0, 0.05) is 81.1 Å². The lowest BCUT2D eigenvalue weighted by atomic mass is 10.0. The Hall–Kier alpha value is -4.35. The van der Waals surface area contributed by atoms with E-state index in [-0.39, 0.29) is 24.1 Å². The summed E-state index contributed by atoms with van der Waals surface area (Å²) in [4.78, 5) is 29.5. The number of carbonyl (C=O) groups excluding carboxylic acids is 2. The predicted octanol–water partition coefficient (Wildman–Crippen LogP) is 4.20. The summed E-state index contributed by atoms with van der Waals surface area (Å²) in [6.07, 6.45) is 2.44. The Bertz CT molecular complexity index is 1520. The van der Waals surface area contributed by atoms with Gasteiger partial charge in [-0.25, -0.2) is 8.78 Å². The number of amidine groups is 1. The van der Waals surface area contributed by atoms with Crippen molar-refractivity contribution in [3.8, 4) is 0 Å². The highest BCUT2D eigenvalue weighted by Crippen LogP contribution is 2.27. The number of rotatable bonds is 10. The molecule has 0 atom stereocenters. The minimum Gasteiger partial charge on any atom is -0.398 e. The van der Waals surface area contributed by atoms with Gasteiger partial charge in [0.15, 0.2) is 0 Å². The summed E-state index contributed by atoms with van der Waals surface area (Å²) in [5, 5.41) is 14.9. The second-order valence-corrected chi connectivity index (χ2v) is 11.5. The number of nitrogens with two attached hydrogens (primary N) is 1. The van der Waals surface area contributed by atoms with Gasteiger partial charge in [0.25, 0.3) is 5.91 Å². The molecule has 1 amide bonds. The molecule has 0 saturated carbocycles. The van der Waals surface area contributed by atoms with E-state index in [0.29, 0.717) is 59.8 Å². The summed E-state index contributed by atoms with van der Waals surface area (Å²) in [5.41, 5.74) is 9.85. The van der Waals surface area contributed by atoms with Crippen molar-refractivity contribution in [3.05, 3.63) is 88.5 Å². The number of carbonyl (C=O) groups is 2. The second kappa shape index (κ2) is 14.0. The molecule has 5 rings (SSSR count). The smallest absolute Gasteiger partial charge is 0.258 e. The minimum absolute atomic E-state index is 0.130. The number of nitrogens with one attached hydrogen (secondary N) is 3. The third kappa shape index (κ3) is 7.97. The Balaban J connectivity index is 1.32. The number of benzene rings is 3. The first-order chi connectivity index (χ1) is 21.1. The van der Waals surface area contributed by atoms with Crippen LogP contribution in [0.4, 0.5) is 25.8 Å². The third-order valence-electron chi connectivity index (χ3n) is 8.08. The first-order valence-corrected chi connectivity index (χ1v) is 14.8. The summed E-state index contributed by atoms with van der Waals surface area (Å²) >= 11 is 0. The maximum absolute atomic E-state index is 13.7. The zero-order valence-electron chi connectivity index (χ0n) is 24.8. The lowest BCUT2D eigenvalue weighted by Crippen LogP contribution is -2.34. The molecule has 0 spiro atoms. The van der Waals surface area contributed by atoms with Gasteiger partial charge in [0.2, 0.25) is 0 Å². The molecular formula is C33H38F2N6O3. The topological polar surface area (TPSA) is 124 Å². The average molecular weight is 605 g/mol. The maximum atomic E-state index is 13.7. The average Bonchev–Trinajstić information content (AvgIpc) is 3.41. The Morgan fingerprint density at radius 2 is 1.80 bits per heavy atom. The molecule has 2 fully saturated rings. The van der Waals surface area contributed by atoms with Crippen molar-refractivity contribution >= 4 is 34.6 Å². The second-order valence-electron chi connectivity index (χ2n) is 11.5. The van der Waals surface area contributed by atoms with Gasteiger partial charge in [-0.2, -0.15) is 0 Å². The summed E-state index contributed by atoms with van der Waals surface area (Å²) in [7, 11) is 1.98. The molecule has 0 radical (unpaired) electrons. The Morgan fingerprint density at radius 3 is 2.50 bits per heavy atom. The number of ether oxygens (including phenoxy) is 1. The summed E-state index contributed by atoms with van der Waals surface area (Å²) < 4.78 is 32.9. The van der Waals surface area contributed by atoms with Crippen molar-refractivity contribution in [1.82, 2.24) is 10.2 Å². The van der Waals surface area contributed by atoms with Gasteiger partial charge in [-0.3, -0.25) is 19.9 Å². The van der Waals surface area contributed by atoms with Crippen molar-refractivity contribution in [2.24, 2.45) is 0 Å². The van der Waals surface area contributed by atoms with Crippen LogP contribution in [-0.4, -0.2) is 74.9 Å². The van der Waals surface area contributed by atoms with Gasteiger partial charge < -0.3 is 26.0 Å². The molecule has 44 heavy (non-hydrogen) atoms. The summed E-state index contributed by atoms with van der Waals surface area (Å²) in [5.74, 6) is -1.71. The SMILES string of the molecule is CN(CCN1CCC(=O)C1)c1ccc(C(=O)NC(=N)c2cc(Cc3cc(F)cc(F)c3)ccc2N)c(NC2CCOCC2)c1. The third-order valence-corrected chi connectivity index (χ3v) is 8.08. The van der Waals surface area contributed by atoms with E-state index in [4.69, 9.17) is 15.9 Å². The van der Waals surface area contributed by atoms with E-state index in [1.807, 2.05) is 19.2 Å². The quantitative estimate of drug-likeness (QED) is 0.155. The highest BCUT2D eigenvalue weighted by molar-refractivity contribution is 6.15. The highest BCUT2D eigenvalue weighted by Gasteiger charge is 2.22. The van der Waals surface area contributed by atoms with Crippen LogP contribution in [0.15, 0.2) is 54.6 Å². The van der Waals surface area contributed by atoms with Gasteiger partial charge in [0.1, 0.15) is 23.3 Å². The van der Waals surface area contributed by atoms with Crippen LogP contribution in [0.25, 0.3) is 0 Å². The van der Waals surface area contributed by atoms with Crippen molar-refractivity contribution < 1.29 is 23.1 Å². The van der Waals surface area contributed by atoms with Crippen LogP contribution in [0.3, 0.4) is 0 Å². The van der Waals surface area contributed by atoms with Crippen LogP contribution in [0.1, 0.15) is 46.3 Å². The standard InChI is InChI=1S/C33H38F2N6O3/c1-40(10-11-41-9-6-27(42)20-41)26-3-4-28(31(19-26)38-25-7-12-44-13-8-25)33(43)39-32(37)29-17-21(2-5-30(29)36)14-22-15-23(34)18-24(35)16-22/h2-5,15-19,25,38H,6-14,20,36H2,1H3,(H2,37,39,43). The summed E-state index contributed by atoms with van der Waals surface area (Å²) in [6.45, 7) is 4.03. The number of hydrogen-bond donors (Lipinski definition) is 4. The minimum atomic E-state index is -0.666. The van der Waals surface area contributed by atoms with Crippen LogP contribution < -0.4 is 21.3 Å². The van der Waals surface area contributed by atoms with Crippen LogP contribution in [-0.2, 0) is 16.0 Å². The van der Waals surface area contributed by atoms with E-state index in [1.165, 1.54) is 12.1 Å². The molecule has 2 heterocycles. The fourth-order valence-corrected chi connectivity index (χ4v) is 5.58. The molecule has 9 nitrogen and oxygen atoms in total. The summed E-state index contributed by atoms with van der Waals surface area (Å²) in [6, 6.07) is 14.0. The van der Waals surface area contributed by atoms with Gasteiger partial charge in [-0.15, -0.1) is 0 Å². The number of hydrogen-bond acceptors (Lipinski definition) is 8. The van der Waals surface area contributed by atoms with Crippen LogP contribution in [0, 0.1) is 17.0 Å². The monoisotopic (exact) mass is 604 g/mol. The number of Topliss-reactive ketones (excluding diaryl/α,β-unsaturated/α-hetero) is 1. The molecule has 2 aliphatic heterocycles. The number of likely N-dealkylation sites (N-methyl/N-ethyl adjacent to an activating group) is 1. The number of nitrogens with zero attached hydrogens (tertiary/aromatic N) is 2. The van der Waals surface area contributed by atoms with Crippen molar-refractivity contribution in [2.75, 3.05) is 62.4 Å². The van der Waals surface area contributed by atoms with E-state index in [1.54, 1.807) is 24.3 Å².